The molecule has 0 unspecified atom stereocenters. The average molecular weight is 140 g/mol. The summed E-state index contributed by atoms with van der Waals surface area (Å²) in [6, 6.07) is 0. The standard InChI is InChI=1S/Al.HO3P.H3Si.H/c;1-4(2)3;;/h;(H-,1,2,3);1H3;/q-1;;;/p+1. The Labute approximate surface area is 44.1 Å². The van der Waals surface area contributed by atoms with Crippen molar-refractivity contribution in [2.24, 2.45) is 0 Å². The molecule has 36 valence electrons. The fourth-order valence-electron chi connectivity index (χ4n) is 0. The summed E-state index contributed by atoms with van der Waals surface area (Å²) in [7, 11) is 0.724. The molecule has 0 aromatic carbocycles. The lowest BCUT2D eigenvalue weighted by Crippen LogP contribution is -1.88. The van der Waals surface area contributed by atoms with Gasteiger partial charge in [0.15, 0.2) is 0 Å². The highest BCUT2D eigenvalue weighted by molar-refractivity contribution is 7.88. The predicted octanol–water partition coefficient (Wildman–Crippen LogP) is -2.20. The maximum atomic E-state index is 9.79. The lowest BCUT2D eigenvalue weighted by atomic mass is 15.8. The van der Waals surface area contributed by atoms with E-state index in [1.807, 2.05) is 0 Å². The topological polar surface area (TPSA) is 57.5 Å². The first kappa shape index (κ1) is 6.90. The van der Waals surface area contributed by atoms with Gasteiger partial charge in [-0.2, -0.15) is 0 Å². The maximum Gasteiger partial charge on any atom is 0.404 e. The van der Waals surface area contributed by atoms with Crippen LogP contribution in [0.1, 0.15) is 0 Å². The van der Waals surface area contributed by atoms with E-state index in [4.69, 9.17) is 9.79 Å². The fourth-order valence-corrected chi connectivity index (χ4v) is 0. The first-order valence-corrected chi connectivity index (χ1v) is 11.0. The molecule has 0 spiro atoms. The van der Waals surface area contributed by atoms with E-state index >= 15 is 0 Å². The van der Waals surface area contributed by atoms with Gasteiger partial charge in [-0.3, -0.25) is 4.57 Å². The van der Waals surface area contributed by atoms with E-state index in [0.29, 0.717) is 0 Å². The quantitative estimate of drug-likeness (QED) is 0.321. The second-order valence-electron chi connectivity index (χ2n) is 0.981. The van der Waals surface area contributed by atoms with E-state index in [9.17, 15) is 4.57 Å². The van der Waals surface area contributed by atoms with Crippen LogP contribution in [0.3, 0.4) is 0 Å². The van der Waals surface area contributed by atoms with Crippen molar-refractivity contribution in [3.05, 3.63) is 0 Å². The molecule has 0 saturated carbocycles. The molecular formula is H6AlO3PSi. The molecule has 0 aliphatic carbocycles. The summed E-state index contributed by atoms with van der Waals surface area (Å²) >= 11 is -0.942. The van der Waals surface area contributed by atoms with Crippen molar-refractivity contribution < 1.29 is 14.4 Å². The van der Waals surface area contributed by atoms with Gasteiger partial charge in [-0.15, -0.1) is 0 Å². The van der Waals surface area contributed by atoms with Gasteiger partial charge < -0.3 is 9.79 Å². The van der Waals surface area contributed by atoms with Crippen LogP contribution in [0.25, 0.3) is 0 Å². The zero-order valence-corrected chi connectivity index (χ0v) is 7.77. The monoisotopic (exact) mass is 140 g/mol. The van der Waals surface area contributed by atoms with Crippen LogP contribution in [0.2, 0.25) is 0 Å². The van der Waals surface area contributed by atoms with Gasteiger partial charge in [0.1, 0.15) is 0 Å². The Morgan fingerprint density at radius 1 is 1.67 bits per heavy atom. The van der Waals surface area contributed by atoms with Crippen LogP contribution in [-0.4, -0.2) is 32.7 Å². The van der Waals surface area contributed by atoms with Crippen LogP contribution in [-0.2, 0) is 4.57 Å². The smallest absolute Gasteiger partial charge is 0.339 e. The van der Waals surface area contributed by atoms with Crippen LogP contribution in [0.5, 0.6) is 0 Å². The molecule has 6 heteroatoms. The Kier molecular flexibility index (Phi) is 2.61. The van der Waals surface area contributed by atoms with Gasteiger partial charge in [-0.05, 0) is 8.80 Å². The molecular weight excluding hydrogens is 134 g/mol. The summed E-state index contributed by atoms with van der Waals surface area (Å²) in [5, 5.41) is 0. The minimum Gasteiger partial charge on any atom is -0.339 e. The highest BCUT2D eigenvalue weighted by atomic mass is 31.4. The van der Waals surface area contributed by atoms with E-state index in [2.05, 4.69) is 0 Å². The normalized spacial score (nSPS) is 11.7. The van der Waals surface area contributed by atoms with E-state index in [-0.39, 0.29) is 0 Å². The van der Waals surface area contributed by atoms with Crippen molar-refractivity contribution in [2.75, 3.05) is 0 Å². The van der Waals surface area contributed by atoms with Gasteiger partial charge in [-0.25, -0.2) is 0 Å². The van der Waals surface area contributed by atoms with Crippen LogP contribution in [0.15, 0.2) is 0 Å². The van der Waals surface area contributed by atoms with Crippen molar-refractivity contribution in [1.29, 1.82) is 0 Å². The molecule has 3 nitrogen and oxygen atoms in total. The van der Waals surface area contributed by atoms with Crippen molar-refractivity contribution in [1.82, 2.24) is 0 Å². The summed E-state index contributed by atoms with van der Waals surface area (Å²) in [4.78, 5) is 16.1. The molecule has 0 fully saturated rings. The summed E-state index contributed by atoms with van der Waals surface area (Å²) in [6.45, 7) is 0. The zero-order valence-electron chi connectivity index (χ0n) is 3.46. The number of rotatable bonds is 1. The van der Waals surface area contributed by atoms with Gasteiger partial charge in [0.2, 0.25) is 6.24 Å². The Bertz CT molecular complexity index is 74.9. The summed E-state index contributed by atoms with van der Waals surface area (Å²) < 4.78 is 9.79. The van der Waals surface area contributed by atoms with E-state index in [1.54, 1.807) is 0 Å². The summed E-state index contributed by atoms with van der Waals surface area (Å²) in [5.41, 5.74) is 0. The van der Waals surface area contributed by atoms with Crippen LogP contribution < -0.4 is 0 Å². The highest BCUT2D eigenvalue weighted by Gasteiger charge is 2.08. The number of hydrogen-bond acceptors (Lipinski definition) is 1. The highest BCUT2D eigenvalue weighted by Crippen LogP contribution is 2.29. The molecule has 6 heavy (non-hydrogen) atoms. The van der Waals surface area contributed by atoms with Gasteiger partial charge in [0.25, 0.3) is 0 Å². The Morgan fingerprint density at radius 2 is 1.83 bits per heavy atom. The third kappa shape index (κ3) is 4.90. The van der Waals surface area contributed by atoms with Crippen LogP contribution in [0, 0.1) is 0 Å². The Balaban J connectivity index is 3.48. The molecule has 0 amide bonds. The van der Waals surface area contributed by atoms with Gasteiger partial charge in [0, 0.05) is 0 Å². The van der Waals surface area contributed by atoms with Gasteiger partial charge >= 0.3 is 14.1 Å². The molecule has 2 N–H and O–H groups in total. The van der Waals surface area contributed by atoms with Crippen molar-refractivity contribution in [3.8, 4) is 0 Å². The lowest BCUT2D eigenvalue weighted by Gasteiger charge is -1.92. The molecule has 0 heterocycles. The van der Waals surface area contributed by atoms with E-state index in [0.717, 1.165) is 8.80 Å². The molecule has 0 aliphatic rings. The van der Waals surface area contributed by atoms with Gasteiger partial charge in [0.05, 0.1) is 0 Å². The van der Waals surface area contributed by atoms with Crippen LogP contribution >= 0.6 is 6.24 Å². The summed E-state index contributed by atoms with van der Waals surface area (Å²) in [5.74, 6) is 0. The second kappa shape index (κ2) is 2.27. The first-order chi connectivity index (χ1) is 2.56. The third-order valence-electron chi connectivity index (χ3n) is 0.412. The molecule has 0 bridgehead atoms. The number of hydrogen-bond donors (Lipinski definition) is 2. The minimum atomic E-state index is -3.45. The van der Waals surface area contributed by atoms with Crippen molar-refractivity contribution in [3.63, 3.8) is 0 Å². The molecule has 0 aromatic rings. The average Bonchev–Trinajstić information content (AvgIpc) is 1.35. The maximum absolute atomic E-state index is 9.79. The molecule has 0 radical (unpaired) electrons. The van der Waals surface area contributed by atoms with Gasteiger partial charge in [-0.1, -0.05) is 0 Å². The van der Waals surface area contributed by atoms with Crippen LogP contribution in [0.4, 0.5) is 0 Å². The van der Waals surface area contributed by atoms with E-state index in [1.165, 1.54) is 0 Å². The molecule has 0 atom stereocenters. The summed E-state index contributed by atoms with van der Waals surface area (Å²) in [6.07, 6.45) is -3.45. The Morgan fingerprint density at radius 3 is 1.83 bits per heavy atom. The lowest BCUT2D eigenvalue weighted by molar-refractivity contribution is 0.394. The molecule has 0 aliphatic heterocycles. The first-order valence-electron chi connectivity index (χ1n) is 1.61. The van der Waals surface area contributed by atoms with Crippen molar-refractivity contribution in [2.45, 2.75) is 0 Å². The second-order valence-corrected chi connectivity index (χ2v) is 13.0. The van der Waals surface area contributed by atoms with E-state index < -0.39 is 20.4 Å². The fraction of sp³-hybridized carbons (Fsp3) is 0. The third-order valence-corrected chi connectivity index (χ3v) is 11.1. The molecule has 0 aromatic heterocycles. The van der Waals surface area contributed by atoms with Crippen molar-refractivity contribution >= 4 is 29.2 Å². The minimum absolute atomic E-state index is 0.724. The molecule has 0 rings (SSSR count). The molecule has 0 saturated heterocycles. The predicted molar refractivity (Wildman–Crippen MR) is 29.1 cm³/mol. The Hall–Kier alpha value is 0.899. The SMILES string of the molecule is O=[P](O)(O)[AlH][SiH3]. The zero-order chi connectivity index (χ0) is 5.21. The largest absolute Gasteiger partial charge is 0.404 e.